The number of nitrogens with one attached hydrogen (secondary N) is 1. The number of hydrogen-bond acceptors (Lipinski definition) is 1. The molecule has 1 aromatic rings. The summed E-state index contributed by atoms with van der Waals surface area (Å²) in [5.41, 5.74) is 0.831. The molecule has 0 bridgehead atoms. The first kappa shape index (κ1) is 13.8. The number of amides is 1. The smallest absolute Gasteiger partial charge is 0.223 e. The Morgan fingerprint density at radius 3 is 2.41 bits per heavy atom. The minimum absolute atomic E-state index is 0.0861. The Balaban J connectivity index is 2.70. The predicted molar refractivity (Wildman–Crippen MR) is 71.7 cm³/mol. The van der Waals surface area contributed by atoms with Gasteiger partial charge in [0, 0.05) is 5.92 Å². The second kappa shape index (κ2) is 5.85. The van der Waals surface area contributed by atoms with E-state index in [2.05, 4.69) is 12.2 Å². The maximum Gasteiger partial charge on any atom is 0.223 e. The zero-order valence-corrected chi connectivity index (χ0v) is 11.3. The Hall–Kier alpha value is -1.31. The summed E-state index contributed by atoms with van der Waals surface area (Å²) in [6.45, 7) is 8.17. The summed E-state index contributed by atoms with van der Waals surface area (Å²) >= 11 is 0. The lowest BCUT2D eigenvalue weighted by atomic mass is 9.93. The summed E-state index contributed by atoms with van der Waals surface area (Å²) in [5.74, 6) is 0.226. The standard InChI is InChI=1S/C15H23NO/c1-5-9-12(2)14(17)16-15(3,4)13-10-7-6-8-11-13/h6-8,10-12H,5,9H2,1-4H3,(H,16,17). The first-order chi connectivity index (χ1) is 7.97. The average molecular weight is 233 g/mol. The van der Waals surface area contributed by atoms with Crippen molar-refractivity contribution < 1.29 is 4.79 Å². The van der Waals surface area contributed by atoms with Gasteiger partial charge >= 0.3 is 0 Å². The van der Waals surface area contributed by atoms with E-state index in [1.165, 1.54) is 0 Å². The summed E-state index contributed by atoms with van der Waals surface area (Å²) in [7, 11) is 0. The molecule has 2 heteroatoms. The van der Waals surface area contributed by atoms with Crippen molar-refractivity contribution >= 4 is 5.91 Å². The van der Waals surface area contributed by atoms with Crippen LogP contribution in [0, 0.1) is 5.92 Å². The van der Waals surface area contributed by atoms with E-state index < -0.39 is 0 Å². The molecule has 0 aliphatic rings. The van der Waals surface area contributed by atoms with Crippen molar-refractivity contribution in [3.8, 4) is 0 Å². The van der Waals surface area contributed by atoms with Crippen LogP contribution >= 0.6 is 0 Å². The molecule has 1 amide bonds. The highest BCUT2D eigenvalue weighted by atomic mass is 16.2. The fourth-order valence-electron chi connectivity index (χ4n) is 1.92. The van der Waals surface area contributed by atoms with Gasteiger partial charge in [-0.2, -0.15) is 0 Å². The maximum atomic E-state index is 12.0. The lowest BCUT2D eigenvalue weighted by Crippen LogP contribution is -2.43. The first-order valence-corrected chi connectivity index (χ1v) is 6.35. The Morgan fingerprint density at radius 2 is 1.88 bits per heavy atom. The van der Waals surface area contributed by atoms with Gasteiger partial charge in [-0.1, -0.05) is 50.6 Å². The van der Waals surface area contributed by atoms with Gasteiger partial charge in [-0.25, -0.2) is 0 Å². The zero-order chi connectivity index (χ0) is 12.9. The largest absolute Gasteiger partial charge is 0.347 e. The molecule has 0 aromatic heterocycles. The quantitative estimate of drug-likeness (QED) is 0.829. The van der Waals surface area contributed by atoms with Crippen LogP contribution in [-0.2, 0) is 10.3 Å². The molecule has 1 atom stereocenters. The van der Waals surface area contributed by atoms with Gasteiger partial charge in [0.05, 0.1) is 5.54 Å². The third kappa shape index (κ3) is 3.88. The van der Waals surface area contributed by atoms with E-state index in [-0.39, 0.29) is 17.4 Å². The van der Waals surface area contributed by atoms with Crippen LogP contribution in [-0.4, -0.2) is 5.91 Å². The van der Waals surface area contributed by atoms with Crippen LogP contribution in [0.3, 0.4) is 0 Å². The summed E-state index contributed by atoms with van der Waals surface area (Å²) in [6.07, 6.45) is 1.98. The summed E-state index contributed by atoms with van der Waals surface area (Å²) < 4.78 is 0. The molecule has 1 unspecified atom stereocenters. The highest BCUT2D eigenvalue weighted by Gasteiger charge is 2.24. The molecule has 0 spiro atoms. The number of rotatable bonds is 5. The number of carbonyl (C=O) groups is 1. The Morgan fingerprint density at radius 1 is 1.29 bits per heavy atom. The second-order valence-corrected chi connectivity index (χ2v) is 5.17. The van der Waals surface area contributed by atoms with Crippen molar-refractivity contribution in [2.75, 3.05) is 0 Å². The predicted octanol–water partition coefficient (Wildman–Crippen LogP) is 3.47. The molecule has 0 saturated carbocycles. The maximum absolute atomic E-state index is 12.0. The molecule has 0 radical (unpaired) electrons. The molecule has 1 aromatic carbocycles. The van der Waals surface area contributed by atoms with Gasteiger partial charge in [0.1, 0.15) is 0 Å². The SMILES string of the molecule is CCCC(C)C(=O)NC(C)(C)c1ccccc1. The average Bonchev–Trinajstić information content (AvgIpc) is 2.30. The van der Waals surface area contributed by atoms with Gasteiger partial charge in [-0.3, -0.25) is 4.79 Å². The Kier molecular flexibility index (Phi) is 4.73. The zero-order valence-electron chi connectivity index (χ0n) is 11.3. The van der Waals surface area contributed by atoms with Gasteiger partial charge in [-0.05, 0) is 25.8 Å². The van der Waals surface area contributed by atoms with E-state index in [9.17, 15) is 4.79 Å². The van der Waals surface area contributed by atoms with Crippen molar-refractivity contribution in [2.45, 2.75) is 46.1 Å². The molecular weight excluding hydrogens is 210 g/mol. The molecule has 0 fully saturated rings. The minimum atomic E-state index is -0.305. The fraction of sp³-hybridized carbons (Fsp3) is 0.533. The van der Waals surface area contributed by atoms with E-state index in [1.54, 1.807) is 0 Å². The minimum Gasteiger partial charge on any atom is -0.347 e. The molecule has 1 N–H and O–H groups in total. The van der Waals surface area contributed by atoms with Crippen molar-refractivity contribution in [3.05, 3.63) is 35.9 Å². The number of benzene rings is 1. The van der Waals surface area contributed by atoms with E-state index in [1.807, 2.05) is 51.1 Å². The molecule has 0 aliphatic heterocycles. The van der Waals surface area contributed by atoms with E-state index >= 15 is 0 Å². The highest BCUT2D eigenvalue weighted by molar-refractivity contribution is 5.79. The van der Waals surface area contributed by atoms with Gasteiger partial charge < -0.3 is 5.32 Å². The van der Waals surface area contributed by atoms with Crippen molar-refractivity contribution in [1.29, 1.82) is 0 Å². The van der Waals surface area contributed by atoms with E-state index in [0.717, 1.165) is 18.4 Å². The summed E-state index contributed by atoms with van der Waals surface area (Å²) in [5, 5.41) is 3.12. The summed E-state index contributed by atoms with van der Waals surface area (Å²) in [6, 6.07) is 10.1. The molecule has 1 rings (SSSR count). The topological polar surface area (TPSA) is 29.1 Å². The summed E-state index contributed by atoms with van der Waals surface area (Å²) in [4.78, 5) is 12.0. The van der Waals surface area contributed by atoms with Crippen LogP contribution in [0.25, 0.3) is 0 Å². The van der Waals surface area contributed by atoms with Crippen LogP contribution in [0.5, 0.6) is 0 Å². The molecule has 94 valence electrons. The highest BCUT2D eigenvalue weighted by Crippen LogP contribution is 2.20. The Bertz CT molecular complexity index is 356. The second-order valence-electron chi connectivity index (χ2n) is 5.17. The van der Waals surface area contributed by atoms with Crippen LogP contribution in [0.15, 0.2) is 30.3 Å². The van der Waals surface area contributed by atoms with Gasteiger partial charge in [-0.15, -0.1) is 0 Å². The molecule has 0 saturated heterocycles. The fourth-order valence-corrected chi connectivity index (χ4v) is 1.92. The van der Waals surface area contributed by atoms with Crippen LogP contribution in [0.4, 0.5) is 0 Å². The number of hydrogen-bond donors (Lipinski definition) is 1. The van der Waals surface area contributed by atoms with Gasteiger partial charge in [0.25, 0.3) is 0 Å². The van der Waals surface area contributed by atoms with Crippen molar-refractivity contribution in [3.63, 3.8) is 0 Å². The van der Waals surface area contributed by atoms with Gasteiger partial charge in [0.2, 0.25) is 5.91 Å². The van der Waals surface area contributed by atoms with Crippen LogP contribution in [0.1, 0.15) is 46.1 Å². The third-order valence-electron chi connectivity index (χ3n) is 3.10. The molecule has 2 nitrogen and oxygen atoms in total. The number of carbonyl (C=O) groups excluding carboxylic acids is 1. The normalized spacial score (nSPS) is 13.2. The lowest BCUT2D eigenvalue weighted by Gasteiger charge is -2.28. The molecule has 0 aliphatic carbocycles. The van der Waals surface area contributed by atoms with E-state index in [4.69, 9.17) is 0 Å². The van der Waals surface area contributed by atoms with Gasteiger partial charge in [0.15, 0.2) is 0 Å². The van der Waals surface area contributed by atoms with Crippen LogP contribution < -0.4 is 5.32 Å². The molecule has 0 heterocycles. The molecular formula is C15H23NO. The van der Waals surface area contributed by atoms with Crippen molar-refractivity contribution in [1.82, 2.24) is 5.32 Å². The molecule has 17 heavy (non-hydrogen) atoms. The van der Waals surface area contributed by atoms with Crippen molar-refractivity contribution in [2.24, 2.45) is 5.92 Å². The van der Waals surface area contributed by atoms with E-state index in [0.29, 0.717) is 0 Å². The monoisotopic (exact) mass is 233 g/mol. The Labute approximate surface area is 104 Å². The first-order valence-electron chi connectivity index (χ1n) is 6.35. The lowest BCUT2D eigenvalue weighted by molar-refractivity contribution is -0.126. The third-order valence-corrected chi connectivity index (χ3v) is 3.10. The van der Waals surface area contributed by atoms with Crippen LogP contribution in [0.2, 0.25) is 0 Å².